The number of H-pyrrole nitrogens is 1. The second-order valence-electron chi connectivity index (χ2n) is 11.2. The van der Waals surface area contributed by atoms with Gasteiger partial charge in [-0.25, -0.2) is 18.2 Å². The Morgan fingerprint density at radius 2 is 1.93 bits per heavy atom. The fraction of sp³-hybridized carbons (Fsp3) is 0.367. The number of benzene rings is 2. The van der Waals surface area contributed by atoms with Gasteiger partial charge in [-0.1, -0.05) is 0 Å². The van der Waals surface area contributed by atoms with Crippen molar-refractivity contribution in [3.05, 3.63) is 60.0 Å². The van der Waals surface area contributed by atoms with Gasteiger partial charge in [0.25, 0.3) is 11.8 Å². The lowest BCUT2D eigenvalue weighted by atomic mass is 9.93. The summed E-state index contributed by atoms with van der Waals surface area (Å²) in [5.74, 6) is -2.47. The molecule has 2 saturated heterocycles. The molecule has 0 aliphatic carbocycles. The van der Waals surface area contributed by atoms with E-state index in [-0.39, 0.29) is 40.7 Å². The number of aromatic amines is 1. The lowest BCUT2D eigenvalue weighted by Crippen LogP contribution is -2.66. The average Bonchev–Trinajstić information content (AvgIpc) is 3.46. The van der Waals surface area contributed by atoms with Crippen molar-refractivity contribution in [3.8, 4) is 17.1 Å². The Morgan fingerprint density at radius 1 is 1.12 bits per heavy atom. The SMILES string of the molecule is COc1cc([N+]2(C3CCNCC3)CCCC(F)(F)C2)ccc1Nc1nc(Nc2cc(F)ccc2C(N)=O)c2ccnc-2[nH]1. The highest BCUT2D eigenvalue weighted by Gasteiger charge is 2.51. The molecular formula is C30H34F3N8O2+. The van der Waals surface area contributed by atoms with E-state index in [0.29, 0.717) is 41.6 Å². The molecule has 0 spiro atoms. The minimum Gasteiger partial charge on any atom is -0.494 e. The zero-order chi connectivity index (χ0) is 30.2. The van der Waals surface area contributed by atoms with Crippen LogP contribution in [0.15, 0.2) is 48.7 Å². The number of carbonyl (C=O) groups is 1. The van der Waals surface area contributed by atoms with Gasteiger partial charge in [0.05, 0.1) is 42.2 Å². The largest absolute Gasteiger partial charge is 0.494 e. The molecule has 10 nitrogen and oxygen atoms in total. The molecule has 2 aromatic carbocycles. The fourth-order valence-electron chi connectivity index (χ4n) is 6.48. The molecule has 43 heavy (non-hydrogen) atoms. The van der Waals surface area contributed by atoms with Crippen LogP contribution in [0.1, 0.15) is 36.0 Å². The standard InChI is InChI=1S/C30H33F3N8O2/c1-43-25-16-20(41(19-7-11-35-12-8-19)14-2-10-30(32,33)17-41)4-6-23(25)38-29-39-27-22(9-13-36-27)28(40-29)37-24-15-18(31)3-5-21(24)26(34)42/h3-6,9,13,15-16,19,35H,2,7-8,10-12,14,17H2,1H3,(H4-,34,36,37,38,39,40,42)/p+1. The van der Waals surface area contributed by atoms with Gasteiger partial charge < -0.3 is 31.4 Å². The van der Waals surface area contributed by atoms with E-state index in [1.54, 1.807) is 12.3 Å². The van der Waals surface area contributed by atoms with E-state index in [4.69, 9.17) is 10.5 Å². The van der Waals surface area contributed by atoms with Crippen molar-refractivity contribution in [2.75, 3.05) is 43.9 Å². The maximum Gasteiger partial charge on any atom is 0.296 e. The van der Waals surface area contributed by atoms with Crippen LogP contribution in [0, 0.1) is 5.82 Å². The topological polar surface area (TPSA) is 130 Å². The number of rotatable bonds is 8. The number of methoxy groups -OCH3 is 1. The monoisotopic (exact) mass is 595 g/mol. The number of primary amides is 1. The molecule has 226 valence electrons. The summed E-state index contributed by atoms with van der Waals surface area (Å²) in [6.45, 7) is 2.03. The zero-order valence-corrected chi connectivity index (χ0v) is 23.7. The van der Waals surface area contributed by atoms with E-state index >= 15 is 0 Å². The van der Waals surface area contributed by atoms with Gasteiger partial charge >= 0.3 is 0 Å². The first kappa shape index (κ1) is 28.7. The van der Waals surface area contributed by atoms with Crippen LogP contribution >= 0.6 is 0 Å². The van der Waals surface area contributed by atoms with Gasteiger partial charge in [0.1, 0.15) is 35.4 Å². The first-order chi connectivity index (χ1) is 20.7. The number of fused-ring (bicyclic) bond motifs is 1. The predicted octanol–water partition coefficient (Wildman–Crippen LogP) is 5.13. The third-order valence-electron chi connectivity index (χ3n) is 8.49. The van der Waals surface area contributed by atoms with Gasteiger partial charge in [0.2, 0.25) is 5.95 Å². The quantitative estimate of drug-likeness (QED) is 0.179. The molecule has 4 aliphatic rings. The van der Waals surface area contributed by atoms with Crippen molar-refractivity contribution in [1.82, 2.24) is 24.8 Å². The lowest BCUT2D eigenvalue weighted by Gasteiger charge is -2.50. The number of nitrogens with zero attached hydrogens (tertiary/aromatic N) is 3. The summed E-state index contributed by atoms with van der Waals surface area (Å²) in [4.78, 5) is 24.1. The molecule has 0 radical (unpaired) electrons. The Morgan fingerprint density at radius 3 is 2.67 bits per heavy atom. The van der Waals surface area contributed by atoms with E-state index in [1.165, 1.54) is 19.2 Å². The molecule has 13 heteroatoms. The van der Waals surface area contributed by atoms with Gasteiger partial charge in [0, 0.05) is 57.1 Å². The summed E-state index contributed by atoms with van der Waals surface area (Å²) < 4.78 is 49.9. The Hall–Kier alpha value is -4.36. The molecule has 6 rings (SSSR count). The van der Waals surface area contributed by atoms with Crippen molar-refractivity contribution in [3.63, 3.8) is 0 Å². The molecule has 1 unspecified atom stereocenters. The number of piperidine rings is 2. The maximum absolute atomic E-state index is 14.9. The summed E-state index contributed by atoms with van der Waals surface area (Å²) >= 11 is 0. The molecule has 1 atom stereocenters. The van der Waals surface area contributed by atoms with Crippen LogP contribution in [-0.4, -0.2) is 66.1 Å². The van der Waals surface area contributed by atoms with Crippen LogP contribution in [0.3, 0.4) is 0 Å². The molecule has 4 aliphatic heterocycles. The molecule has 2 aromatic rings. The number of halogens is 3. The van der Waals surface area contributed by atoms with Gasteiger partial charge in [0.15, 0.2) is 0 Å². The Labute approximate surface area is 246 Å². The summed E-state index contributed by atoms with van der Waals surface area (Å²) in [5.41, 5.74) is 7.72. The van der Waals surface area contributed by atoms with Crippen LogP contribution in [0.2, 0.25) is 0 Å². The number of amides is 1. The molecule has 4 heterocycles. The number of ether oxygens (including phenoxy) is 1. The Kier molecular flexibility index (Phi) is 7.61. The van der Waals surface area contributed by atoms with E-state index < -0.39 is 17.6 Å². The molecule has 0 saturated carbocycles. The molecule has 0 bridgehead atoms. The maximum atomic E-state index is 14.9. The number of aromatic nitrogens is 3. The first-order valence-electron chi connectivity index (χ1n) is 14.3. The average molecular weight is 596 g/mol. The van der Waals surface area contributed by atoms with Crippen molar-refractivity contribution >= 4 is 34.7 Å². The predicted molar refractivity (Wildman–Crippen MR) is 159 cm³/mol. The van der Waals surface area contributed by atoms with Crippen LogP contribution in [-0.2, 0) is 0 Å². The number of anilines is 4. The summed E-state index contributed by atoms with van der Waals surface area (Å²) in [6, 6.07) is 11.0. The normalized spacial score (nSPS) is 20.6. The molecule has 0 aromatic heterocycles. The van der Waals surface area contributed by atoms with Gasteiger partial charge in [-0.3, -0.25) is 9.28 Å². The second-order valence-corrected chi connectivity index (χ2v) is 11.2. The van der Waals surface area contributed by atoms with Crippen molar-refractivity contribution < 1.29 is 22.7 Å². The Bertz CT molecular complexity index is 1610. The minimum atomic E-state index is -2.74. The molecular weight excluding hydrogens is 561 g/mol. The van der Waals surface area contributed by atoms with E-state index in [9.17, 15) is 18.0 Å². The third-order valence-corrected chi connectivity index (χ3v) is 8.49. The lowest BCUT2D eigenvalue weighted by molar-refractivity contribution is -0.0743. The number of carbonyl (C=O) groups excluding carboxylic acids is 1. The highest BCUT2D eigenvalue weighted by molar-refractivity contribution is 5.99. The third kappa shape index (κ3) is 5.69. The Balaban J connectivity index is 1.35. The van der Waals surface area contributed by atoms with Crippen molar-refractivity contribution in [2.24, 2.45) is 5.73 Å². The summed E-state index contributed by atoms with van der Waals surface area (Å²) in [6.07, 6.45) is 3.58. The van der Waals surface area contributed by atoms with Gasteiger partial charge in [-0.15, -0.1) is 0 Å². The highest BCUT2D eigenvalue weighted by atomic mass is 19.3. The van der Waals surface area contributed by atoms with Crippen molar-refractivity contribution in [2.45, 2.75) is 37.6 Å². The fourth-order valence-corrected chi connectivity index (χ4v) is 6.48. The number of hydrogen-bond acceptors (Lipinski definition) is 7. The summed E-state index contributed by atoms with van der Waals surface area (Å²) in [5, 5.41) is 9.58. The molecule has 2 fully saturated rings. The van der Waals surface area contributed by atoms with Crippen LogP contribution in [0.4, 0.5) is 42.0 Å². The number of nitrogens with one attached hydrogen (secondary N) is 4. The molecule has 1 amide bonds. The second kappa shape index (κ2) is 11.4. The van der Waals surface area contributed by atoms with Crippen molar-refractivity contribution in [1.29, 1.82) is 0 Å². The highest BCUT2D eigenvalue weighted by Crippen LogP contribution is 2.43. The number of alkyl halides is 2. The van der Waals surface area contributed by atoms with E-state index in [2.05, 4.69) is 30.9 Å². The van der Waals surface area contributed by atoms with Gasteiger partial charge in [-0.2, -0.15) is 4.98 Å². The minimum absolute atomic E-state index is 0.0820. The zero-order valence-electron chi connectivity index (χ0n) is 23.7. The smallest absolute Gasteiger partial charge is 0.296 e. The van der Waals surface area contributed by atoms with E-state index in [0.717, 1.165) is 37.7 Å². The van der Waals surface area contributed by atoms with Crippen LogP contribution < -0.4 is 30.9 Å². The first-order valence-corrected chi connectivity index (χ1v) is 14.3. The summed E-state index contributed by atoms with van der Waals surface area (Å²) in [7, 11) is 1.53. The van der Waals surface area contributed by atoms with Crippen LogP contribution in [0.25, 0.3) is 11.4 Å². The number of likely N-dealkylation sites (tertiary alicyclic amines) is 1. The van der Waals surface area contributed by atoms with Gasteiger partial charge in [-0.05, 0) is 30.3 Å². The number of hydrogen-bond donors (Lipinski definition) is 5. The van der Waals surface area contributed by atoms with Crippen LogP contribution in [0.5, 0.6) is 5.75 Å². The van der Waals surface area contributed by atoms with E-state index in [1.807, 2.05) is 18.2 Å². The number of nitrogens with two attached hydrogens (primary N) is 1. The molecule has 6 N–H and O–H groups in total. The number of quaternary nitrogens is 1.